The lowest BCUT2D eigenvalue weighted by Gasteiger charge is -2.39. The average Bonchev–Trinajstić information content (AvgIpc) is 3.10. The molecule has 11 nitrogen and oxygen atoms in total. The highest BCUT2D eigenvalue weighted by Crippen LogP contribution is 2.37. The third-order valence-electron chi connectivity index (χ3n) is 4.97. The van der Waals surface area contributed by atoms with Gasteiger partial charge in [0.25, 0.3) is 0 Å². The third kappa shape index (κ3) is 3.76. The number of aliphatic hydroxyl groups excluding tert-OH is 1. The highest BCUT2D eigenvalue weighted by Gasteiger charge is 2.35. The fourth-order valence-corrected chi connectivity index (χ4v) is 3.37. The Balaban J connectivity index is 1.41. The summed E-state index contributed by atoms with van der Waals surface area (Å²) in [7, 11) is -1.05. The number of amides is 1. The van der Waals surface area contributed by atoms with E-state index in [4.69, 9.17) is 9.39 Å². The monoisotopic (exact) mass is 402 g/mol. The van der Waals surface area contributed by atoms with Gasteiger partial charge in [-0.25, -0.2) is 9.48 Å². The van der Waals surface area contributed by atoms with Crippen LogP contribution in [0.2, 0.25) is 6.32 Å². The van der Waals surface area contributed by atoms with Crippen molar-refractivity contribution in [3.8, 4) is 11.5 Å². The first-order chi connectivity index (χ1) is 14.0. The van der Waals surface area contributed by atoms with Crippen molar-refractivity contribution in [1.29, 1.82) is 0 Å². The number of hydrogen-bond acceptors (Lipinski definition) is 8. The molecule has 1 aromatic carbocycles. The topological polar surface area (TPSA) is 147 Å². The van der Waals surface area contributed by atoms with Crippen molar-refractivity contribution in [3.05, 3.63) is 35.2 Å². The molecule has 1 aromatic heterocycles. The van der Waals surface area contributed by atoms with Crippen LogP contribution in [0.25, 0.3) is 0 Å². The molecule has 12 heteroatoms. The normalized spacial score (nSPS) is 16.1. The van der Waals surface area contributed by atoms with Crippen molar-refractivity contribution in [2.45, 2.75) is 32.0 Å². The van der Waals surface area contributed by atoms with Crippen LogP contribution in [0.5, 0.6) is 11.5 Å². The number of hydrogen-bond donors (Lipinski definition) is 3. The maximum Gasteiger partial charge on any atom is 0.522 e. The van der Waals surface area contributed by atoms with Crippen molar-refractivity contribution < 1.29 is 34.2 Å². The standard InChI is InChI=1S/C17H19BN4O7/c23-9-11-5-19-20-22(11)8-14(24)21-6-12(7-21)28-13-2-1-10-3-4-18(27)29-16(10)15(13)17(25)26/h1-2,5,12,23,27H,3-4,6-9H2,(H,25,26). The Morgan fingerprint density at radius 2 is 2.14 bits per heavy atom. The summed E-state index contributed by atoms with van der Waals surface area (Å²) < 4.78 is 12.5. The fraction of sp³-hybridized carbons (Fsp3) is 0.412. The van der Waals surface area contributed by atoms with Gasteiger partial charge in [-0.05, 0) is 24.4 Å². The molecule has 3 heterocycles. The lowest BCUT2D eigenvalue weighted by atomic mass is 9.78. The van der Waals surface area contributed by atoms with Gasteiger partial charge in [0.2, 0.25) is 5.91 Å². The van der Waals surface area contributed by atoms with E-state index in [1.165, 1.54) is 10.9 Å². The summed E-state index contributed by atoms with van der Waals surface area (Å²) in [6, 6.07) is 3.31. The molecule has 0 radical (unpaired) electrons. The van der Waals surface area contributed by atoms with Gasteiger partial charge in [-0.1, -0.05) is 11.3 Å². The number of rotatable bonds is 6. The molecule has 0 atom stereocenters. The molecule has 2 aromatic rings. The summed E-state index contributed by atoms with van der Waals surface area (Å²) in [4.78, 5) is 25.6. The summed E-state index contributed by atoms with van der Waals surface area (Å²) in [5.41, 5.74) is 1.02. The van der Waals surface area contributed by atoms with E-state index in [1.807, 2.05) is 0 Å². The Morgan fingerprint density at radius 1 is 1.34 bits per heavy atom. The fourth-order valence-electron chi connectivity index (χ4n) is 3.37. The zero-order chi connectivity index (χ0) is 20.5. The van der Waals surface area contributed by atoms with Crippen molar-refractivity contribution in [3.63, 3.8) is 0 Å². The van der Waals surface area contributed by atoms with E-state index in [0.717, 1.165) is 0 Å². The largest absolute Gasteiger partial charge is 0.535 e. The zero-order valence-corrected chi connectivity index (χ0v) is 15.4. The van der Waals surface area contributed by atoms with Crippen LogP contribution in [-0.4, -0.2) is 73.3 Å². The summed E-state index contributed by atoms with van der Waals surface area (Å²) in [6.45, 7) is 0.274. The van der Waals surface area contributed by atoms with E-state index < -0.39 is 13.1 Å². The van der Waals surface area contributed by atoms with Gasteiger partial charge in [-0.3, -0.25) is 4.79 Å². The van der Waals surface area contributed by atoms with Crippen LogP contribution < -0.4 is 9.39 Å². The number of ether oxygens (including phenoxy) is 1. The predicted octanol–water partition coefficient (Wildman–Crippen LogP) is -0.826. The van der Waals surface area contributed by atoms with Crippen LogP contribution in [-0.2, 0) is 24.4 Å². The number of aryl methyl sites for hydroxylation is 1. The molecular weight excluding hydrogens is 383 g/mol. The molecule has 0 bridgehead atoms. The Kier molecular flexibility index (Phi) is 5.11. The molecule has 4 rings (SSSR count). The number of carboxylic acids is 1. The molecule has 1 fully saturated rings. The van der Waals surface area contributed by atoms with Crippen molar-refractivity contribution in [2.24, 2.45) is 0 Å². The number of benzene rings is 1. The van der Waals surface area contributed by atoms with E-state index in [0.29, 0.717) is 37.1 Å². The van der Waals surface area contributed by atoms with E-state index in [1.54, 1.807) is 17.0 Å². The maximum atomic E-state index is 12.3. The van der Waals surface area contributed by atoms with Crippen LogP contribution in [0, 0.1) is 0 Å². The molecular formula is C17H19BN4O7. The number of fused-ring (bicyclic) bond motifs is 1. The van der Waals surface area contributed by atoms with Crippen LogP contribution in [0.3, 0.4) is 0 Å². The highest BCUT2D eigenvalue weighted by atomic mass is 16.5. The minimum absolute atomic E-state index is 0.0481. The van der Waals surface area contributed by atoms with Crippen molar-refractivity contribution in [2.75, 3.05) is 13.1 Å². The number of aromatic carboxylic acids is 1. The van der Waals surface area contributed by atoms with Gasteiger partial charge in [0.1, 0.15) is 29.7 Å². The Hall–Kier alpha value is -3.12. The van der Waals surface area contributed by atoms with Crippen LogP contribution >= 0.6 is 0 Å². The number of likely N-dealkylation sites (tertiary alicyclic amines) is 1. The SMILES string of the molecule is O=C(O)c1c(OC2CN(C(=O)Cn3nncc3CO)C2)ccc2c1OB(O)CC2. The first kappa shape index (κ1) is 19.2. The van der Waals surface area contributed by atoms with E-state index in [9.17, 15) is 24.8 Å². The molecule has 3 N–H and O–H groups in total. The minimum atomic E-state index is -1.21. The first-order valence-corrected chi connectivity index (χ1v) is 9.12. The van der Waals surface area contributed by atoms with Gasteiger partial charge in [0, 0.05) is 0 Å². The third-order valence-corrected chi connectivity index (χ3v) is 4.97. The van der Waals surface area contributed by atoms with Crippen molar-refractivity contribution >= 4 is 19.0 Å². The van der Waals surface area contributed by atoms with Gasteiger partial charge in [0.15, 0.2) is 0 Å². The first-order valence-electron chi connectivity index (χ1n) is 9.12. The van der Waals surface area contributed by atoms with E-state index in [2.05, 4.69) is 10.3 Å². The Labute approximate surface area is 165 Å². The molecule has 29 heavy (non-hydrogen) atoms. The molecule has 0 spiro atoms. The van der Waals surface area contributed by atoms with Gasteiger partial charge >= 0.3 is 13.1 Å². The van der Waals surface area contributed by atoms with E-state index in [-0.39, 0.29) is 42.2 Å². The number of carboxylic acid groups (broad SMARTS) is 1. The lowest BCUT2D eigenvalue weighted by Crippen LogP contribution is -2.57. The van der Waals surface area contributed by atoms with Gasteiger partial charge in [-0.15, -0.1) is 5.10 Å². The van der Waals surface area contributed by atoms with Gasteiger partial charge < -0.3 is 29.5 Å². The number of aromatic nitrogens is 3. The summed E-state index contributed by atoms with van der Waals surface area (Å²) in [6.07, 6.45) is 1.94. The molecule has 2 aliphatic heterocycles. The maximum absolute atomic E-state index is 12.3. The Morgan fingerprint density at radius 3 is 2.86 bits per heavy atom. The molecule has 152 valence electrons. The zero-order valence-electron chi connectivity index (χ0n) is 15.4. The number of carbonyl (C=O) groups is 2. The Bertz CT molecular complexity index is 944. The predicted molar refractivity (Wildman–Crippen MR) is 97.5 cm³/mol. The molecule has 0 saturated carbocycles. The molecule has 0 unspecified atom stereocenters. The molecule has 1 amide bonds. The van der Waals surface area contributed by atoms with Crippen LogP contribution in [0.15, 0.2) is 18.3 Å². The van der Waals surface area contributed by atoms with Crippen LogP contribution in [0.4, 0.5) is 0 Å². The smallest absolute Gasteiger partial charge is 0.522 e. The molecule has 1 saturated heterocycles. The molecule has 2 aliphatic rings. The van der Waals surface area contributed by atoms with E-state index >= 15 is 0 Å². The summed E-state index contributed by atoms with van der Waals surface area (Å²) >= 11 is 0. The van der Waals surface area contributed by atoms with Crippen molar-refractivity contribution in [1.82, 2.24) is 19.9 Å². The highest BCUT2D eigenvalue weighted by molar-refractivity contribution is 6.44. The second kappa shape index (κ2) is 7.72. The van der Waals surface area contributed by atoms with Gasteiger partial charge in [0.05, 0.1) is 31.6 Å². The summed E-state index contributed by atoms with van der Waals surface area (Å²) in [5.74, 6) is -1.15. The number of carbonyl (C=O) groups excluding carboxylic acids is 1. The summed E-state index contributed by atoms with van der Waals surface area (Å²) in [5, 5.41) is 35.9. The average molecular weight is 402 g/mol. The number of nitrogens with zero attached hydrogens (tertiary/aromatic N) is 4. The minimum Gasteiger partial charge on any atom is -0.535 e. The molecule has 0 aliphatic carbocycles. The lowest BCUT2D eigenvalue weighted by molar-refractivity contribution is -0.141. The second-order valence-electron chi connectivity index (χ2n) is 6.92. The number of aliphatic hydroxyl groups is 1. The van der Waals surface area contributed by atoms with Crippen LogP contribution in [0.1, 0.15) is 21.6 Å². The second-order valence-corrected chi connectivity index (χ2v) is 6.92. The van der Waals surface area contributed by atoms with Gasteiger partial charge in [-0.2, -0.15) is 0 Å². The quantitative estimate of drug-likeness (QED) is 0.527.